The highest BCUT2D eigenvalue weighted by molar-refractivity contribution is 5.75. The average molecular weight is 310 g/mol. The number of carbonyl (C=O) groups is 1. The minimum atomic E-state index is -0.475. The highest BCUT2D eigenvalue weighted by Crippen LogP contribution is 2.26. The van der Waals surface area contributed by atoms with Crippen LogP contribution in [0, 0.1) is 29.9 Å². The number of aliphatic hydroxyl groups is 1. The first-order valence-corrected chi connectivity index (χ1v) is 7.41. The largest absolute Gasteiger partial charge is 0.393 e. The van der Waals surface area contributed by atoms with Gasteiger partial charge in [-0.1, -0.05) is 6.42 Å². The Kier molecular flexibility index (Phi) is 4.80. The maximum Gasteiger partial charge on any atom is 0.312 e. The summed E-state index contributed by atoms with van der Waals surface area (Å²) in [5, 5.41) is 24.9. The van der Waals surface area contributed by atoms with E-state index in [4.69, 9.17) is 0 Å². The molecule has 122 valence electrons. The number of aromatic nitrogens is 2. The number of aryl methyl sites for hydroxylation is 1. The topological polar surface area (TPSA) is 102 Å². The normalized spacial score (nSPS) is 21.1. The molecule has 0 aromatic carbocycles. The lowest BCUT2D eigenvalue weighted by molar-refractivity contribution is -0.386. The van der Waals surface area contributed by atoms with E-state index in [-0.39, 0.29) is 30.2 Å². The molecule has 1 heterocycles. The summed E-state index contributed by atoms with van der Waals surface area (Å²) in [4.78, 5) is 24.3. The second kappa shape index (κ2) is 6.43. The van der Waals surface area contributed by atoms with Crippen LogP contribution in [-0.2, 0) is 11.3 Å². The van der Waals surface area contributed by atoms with E-state index in [9.17, 15) is 20.0 Å². The molecular formula is C14H22N4O4. The minimum absolute atomic E-state index is 0.0279. The van der Waals surface area contributed by atoms with E-state index in [0.717, 1.165) is 19.3 Å². The van der Waals surface area contributed by atoms with Crippen LogP contribution in [0.2, 0.25) is 0 Å². The molecule has 0 radical (unpaired) electrons. The maximum absolute atomic E-state index is 12.3. The van der Waals surface area contributed by atoms with Gasteiger partial charge < -0.3 is 10.0 Å². The number of rotatable bonds is 5. The third-order valence-corrected chi connectivity index (χ3v) is 4.36. The maximum atomic E-state index is 12.3. The third-order valence-electron chi connectivity index (χ3n) is 4.36. The molecule has 1 aromatic heterocycles. The fourth-order valence-corrected chi connectivity index (χ4v) is 3.04. The van der Waals surface area contributed by atoms with Crippen molar-refractivity contribution >= 4 is 11.6 Å². The summed E-state index contributed by atoms with van der Waals surface area (Å²) in [6, 6.07) is 0. The zero-order valence-corrected chi connectivity index (χ0v) is 13.2. The molecule has 0 saturated heterocycles. The van der Waals surface area contributed by atoms with Gasteiger partial charge in [-0.25, -0.2) is 0 Å². The van der Waals surface area contributed by atoms with Gasteiger partial charge in [-0.3, -0.25) is 19.6 Å². The van der Waals surface area contributed by atoms with Gasteiger partial charge in [0.15, 0.2) is 0 Å². The molecular weight excluding hydrogens is 288 g/mol. The Morgan fingerprint density at radius 2 is 2.18 bits per heavy atom. The second-order valence-corrected chi connectivity index (χ2v) is 5.97. The van der Waals surface area contributed by atoms with Gasteiger partial charge in [0.2, 0.25) is 5.91 Å². The summed E-state index contributed by atoms with van der Waals surface area (Å²) in [6.45, 7) is 3.62. The van der Waals surface area contributed by atoms with Crippen LogP contribution in [0.3, 0.4) is 0 Å². The van der Waals surface area contributed by atoms with Crippen LogP contribution in [0.1, 0.15) is 30.7 Å². The van der Waals surface area contributed by atoms with Crippen molar-refractivity contribution in [2.24, 2.45) is 5.92 Å². The Bertz CT molecular complexity index is 584. The fourth-order valence-electron chi connectivity index (χ4n) is 3.04. The summed E-state index contributed by atoms with van der Waals surface area (Å²) in [7, 11) is 1.69. The lowest BCUT2D eigenvalue weighted by Gasteiger charge is -2.23. The molecule has 1 aromatic rings. The Morgan fingerprint density at radius 3 is 2.68 bits per heavy atom. The number of hydrogen-bond donors (Lipinski definition) is 1. The Hall–Kier alpha value is -1.96. The number of nitrogens with zero attached hydrogens (tertiary/aromatic N) is 4. The van der Waals surface area contributed by atoms with Gasteiger partial charge in [0, 0.05) is 19.5 Å². The van der Waals surface area contributed by atoms with E-state index in [0.29, 0.717) is 17.9 Å². The summed E-state index contributed by atoms with van der Waals surface area (Å²) in [5.41, 5.74) is 0.649. The van der Waals surface area contributed by atoms with Crippen LogP contribution in [0.5, 0.6) is 0 Å². The fraction of sp³-hybridized carbons (Fsp3) is 0.714. The molecule has 0 aliphatic heterocycles. The molecule has 1 aliphatic rings. The monoisotopic (exact) mass is 310 g/mol. The van der Waals surface area contributed by atoms with Crippen molar-refractivity contribution in [1.29, 1.82) is 0 Å². The van der Waals surface area contributed by atoms with Crippen molar-refractivity contribution in [2.75, 3.05) is 13.6 Å². The van der Waals surface area contributed by atoms with Gasteiger partial charge in [-0.15, -0.1) is 0 Å². The molecule has 1 aliphatic carbocycles. The van der Waals surface area contributed by atoms with Crippen LogP contribution < -0.4 is 0 Å². The Balaban J connectivity index is 2.02. The summed E-state index contributed by atoms with van der Waals surface area (Å²) in [6.07, 6.45) is 2.35. The highest BCUT2D eigenvalue weighted by atomic mass is 16.6. The van der Waals surface area contributed by atoms with Crippen LogP contribution in [0.15, 0.2) is 0 Å². The lowest BCUT2D eigenvalue weighted by atomic mass is 10.1. The SMILES string of the molecule is Cc1nn(CC(=O)N(C)CC2CCCC2O)c(C)c1[N+](=O)[O-]. The van der Waals surface area contributed by atoms with Crippen molar-refractivity contribution in [2.45, 2.75) is 45.8 Å². The van der Waals surface area contributed by atoms with Gasteiger partial charge in [0.1, 0.15) is 17.9 Å². The molecule has 1 amide bonds. The van der Waals surface area contributed by atoms with E-state index < -0.39 is 4.92 Å². The van der Waals surface area contributed by atoms with Gasteiger partial charge in [-0.05, 0) is 26.7 Å². The van der Waals surface area contributed by atoms with Gasteiger partial charge in [-0.2, -0.15) is 5.10 Å². The summed E-state index contributed by atoms with van der Waals surface area (Å²) in [5.74, 6) is -0.0525. The standard InChI is InChI=1S/C14H22N4O4/c1-9-14(18(21)22)10(2)17(15-9)8-13(20)16(3)7-11-5-4-6-12(11)19/h11-12,19H,4-8H2,1-3H3. The molecule has 1 N–H and O–H groups in total. The highest BCUT2D eigenvalue weighted by Gasteiger charge is 2.28. The first-order chi connectivity index (χ1) is 10.3. The van der Waals surface area contributed by atoms with Crippen molar-refractivity contribution in [3.8, 4) is 0 Å². The summed E-state index contributed by atoms with van der Waals surface area (Å²) < 4.78 is 1.37. The smallest absolute Gasteiger partial charge is 0.312 e. The average Bonchev–Trinajstić information content (AvgIpc) is 2.94. The van der Waals surface area contributed by atoms with Crippen LogP contribution in [0.25, 0.3) is 0 Å². The number of amides is 1. The Morgan fingerprint density at radius 1 is 1.50 bits per heavy atom. The summed E-state index contributed by atoms with van der Waals surface area (Å²) >= 11 is 0. The number of nitro groups is 1. The molecule has 2 unspecified atom stereocenters. The predicted octanol–water partition coefficient (Wildman–Crippen LogP) is 1.03. The molecule has 1 saturated carbocycles. The molecule has 22 heavy (non-hydrogen) atoms. The van der Waals surface area contributed by atoms with E-state index in [1.807, 2.05) is 0 Å². The van der Waals surface area contributed by atoms with Gasteiger partial charge in [0.05, 0.1) is 11.0 Å². The molecule has 0 bridgehead atoms. The molecule has 8 nitrogen and oxygen atoms in total. The lowest BCUT2D eigenvalue weighted by Crippen LogP contribution is -2.36. The van der Waals surface area contributed by atoms with E-state index in [1.54, 1.807) is 25.8 Å². The third kappa shape index (κ3) is 3.27. The van der Waals surface area contributed by atoms with E-state index in [1.165, 1.54) is 4.68 Å². The second-order valence-electron chi connectivity index (χ2n) is 5.97. The number of likely N-dealkylation sites (N-methyl/N-ethyl adjacent to an activating group) is 1. The zero-order valence-electron chi connectivity index (χ0n) is 13.2. The first-order valence-electron chi connectivity index (χ1n) is 7.41. The van der Waals surface area contributed by atoms with Crippen LogP contribution in [-0.4, -0.2) is 50.3 Å². The zero-order chi connectivity index (χ0) is 16.4. The van der Waals surface area contributed by atoms with Gasteiger partial charge in [0.25, 0.3) is 0 Å². The Labute approximate surface area is 128 Å². The van der Waals surface area contributed by atoms with Crippen molar-refractivity contribution < 1.29 is 14.8 Å². The number of hydrogen-bond acceptors (Lipinski definition) is 5. The molecule has 2 rings (SSSR count). The first kappa shape index (κ1) is 16.4. The van der Waals surface area contributed by atoms with Crippen LogP contribution in [0.4, 0.5) is 5.69 Å². The van der Waals surface area contributed by atoms with E-state index >= 15 is 0 Å². The molecule has 8 heteroatoms. The van der Waals surface area contributed by atoms with Crippen molar-refractivity contribution in [1.82, 2.24) is 14.7 Å². The number of carbonyl (C=O) groups excluding carboxylic acids is 1. The van der Waals surface area contributed by atoms with Crippen molar-refractivity contribution in [3.63, 3.8) is 0 Å². The van der Waals surface area contributed by atoms with Crippen molar-refractivity contribution in [3.05, 3.63) is 21.5 Å². The minimum Gasteiger partial charge on any atom is -0.393 e. The predicted molar refractivity (Wildman–Crippen MR) is 79.3 cm³/mol. The number of aliphatic hydroxyl groups excluding tert-OH is 1. The van der Waals surface area contributed by atoms with E-state index in [2.05, 4.69) is 5.10 Å². The van der Waals surface area contributed by atoms with Gasteiger partial charge >= 0.3 is 5.69 Å². The quantitative estimate of drug-likeness (QED) is 0.646. The molecule has 0 spiro atoms. The molecule has 2 atom stereocenters. The van der Waals surface area contributed by atoms with Crippen LogP contribution >= 0.6 is 0 Å². The molecule has 1 fully saturated rings.